The second kappa shape index (κ2) is 6.23. The van der Waals surface area contributed by atoms with Crippen LogP contribution in [0.2, 0.25) is 0 Å². The molecule has 0 saturated heterocycles. The second-order valence-corrected chi connectivity index (χ2v) is 5.68. The first-order valence-electron chi connectivity index (χ1n) is 7.50. The summed E-state index contributed by atoms with van der Waals surface area (Å²) in [6, 6.07) is 9.85. The molecule has 1 aromatic carbocycles. The van der Waals surface area contributed by atoms with Gasteiger partial charge in [0.25, 0.3) is 0 Å². The third kappa shape index (κ3) is 2.68. The largest absolute Gasteiger partial charge is 0.481 e. The number of benzene rings is 1. The van der Waals surface area contributed by atoms with Gasteiger partial charge in [0.15, 0.2) is 0 Å². The molecule has 0 heterocycles. The van der Waals surface area contributed by atoms with E-state index in [1.165, 1.54) is 25.7 Å². The smallest absolute Gasteiger partial charge is 0.314 e. The number of hydrogen-bond acceptors (Lipinski definition) is 1. The molecular weight excluding hydrogens is 236 g/mol. The lowest BCUT2D eigenvalue weighted by Crippen LogP contribution is -2.42. The molecule has 2 heteroatoms. The molecular formula is C17H24O2. The third-order valence-corrected chi connectivity index (χ3v) is 4.78. The van der Waals surface area contributed by atoms with Crippen molar-refractivity contribution in [3.05, 3.63) is 35.9 Å². The maximum absolute atomic E-state index is 12.1. The average molecular weight is 260 g/mol. The topological polar surface area (TPSA) is 37.3 Å². The Hall–Kier alpha value is -1.31. The molecule has 1 fully saturated rings. The van der Waals surface area contributed by atoms with Crippen LogP contribution in [-0.4, -0.2) is 11.1 Å². The van der Waals surface area contributed by atoms with Crippen molar-refractivity contribution in [1.29, 1.82) is 0 Å². The minimum Gasteiger partial charge on any atom is -0.481 e. The Bertz CT molecular complexity index is 405. The van der Waals surface area contributed by atoms with Gasteiger partial charge in [-0.15, -0.1) is 0 Å². The van der Waals surface area contributed by atoms with Crippen molar-refractivity contribution >= 4 is 5.97 Å². The molecule has 0 amide bonds. The minimum absolute atomic E-state index is 0.278. The van der Waals surface area contributed by atoms with Crippen molar-refractivity contribution in [2.75, 3.05) is 0 Å². The summed E-state index contributed by atoms with van der Waals surface area (Å²) < 4.78 is 0. The number of carbonyl (C=O) groups is 1. The van der Waals surface area contributed by atoms with E-state index in [9.17, 15) is 9.90 Å². The summed E-state index contributed by atoms with van der Waals surface area (Å²) in [5.41, 5.74) is 0.294. The maximum Gasteiger partial charge on any atom is 0.314 e. The highest BCUT2D eigenvalue weighted by molar-refractivity contribution is 5.81. The van der Waals surface area contributed by atoms with E-state index >= 15 is 0 Å². The van der Waals surface area contributed by atoms with Crippen LogP contribution in [-0.2, 0) is 10.2 Å². The summed E-state index contributed by atoms with van der Waals surface area (Å²) >= 11 is 0. The molecule has 0 radical (unpaired) electrons. The maximum atomic E-state index is 12.1. The number of carboxylic acid groups (broad SMARTS) is 1. The van der Waals surface area contributed by atoms with E-state index in [1.807, 2.05) is 37.3 Å². The summed E-state index contributed by atoms with van der Waals surface area (Å²) in [6.45, 7) is 2.02. The molecule has 1 aromatic rings. The van der Waals surface area contributed by atoms with Crippen LogP contribution >= 0.6 is 0 Å². The first-order valence-corrected chi connectivity index (χ1v) is 7.50. The van der Waals surface area contributed by atoms with Crippen LogP contribution in [0.4, 0.5) is 0 Å². The Labute approximate surface area is 115 Å². The van der Waals surface area contributed by atoms with E-state index in [1.54, 1.807) is 0 Å². The molecule has 1 aliphatic rings. The van der Waals surface area contributed by atoms with Crippen LogP contribution in [0.5, 0.6) is 0 Å². The highest BCUT2D eigenvalue weighted by Gasteiger charge is 2.45. The van der Waals surface area contributed by atoms with E-state index in [4.69, 9.17) is 0 Å². The van der Waals surface area contributed by atoms with Gasteiger partial charge in [-0.2, -0.15) is 0 Å². The standard InChI is InChI=1S/C17H24O2/c1-2-17(16(18)19,15-12-8-5-9-13-15)14-10-6-3-4-7-11-14/h5,8-9,12-14H,2-4,6-7,10-11H2,1H3,(H,18,19). The minimum atomic E-state index is -0.689. The molecule has 2 rings (SSSR count). The van der Waals surface area contributed by atoms with Crippen LogP contribution in [0, 0.1) is 5.92 Å². The number of aliphatic carboxylic acids is 1. The fourth-order valence-corrected chi connectivity index (χ4v) is 3.69. The summed E-state index contributed by atoms with van der Waals surface area (Å²) in [4.78, 5) is 12.1. The van der Waals surface area contributed by atoms with Crippen LogP contribution in [0.1, 0.15) is 57.4 Å². The molecule has 1 N–H and O–H groups in total. The van der Waals surface area contributed by atoms with Gasteiger partial charge in [-0.1, -0.05) is 62.9 Å². The van der Waals surface area contributed by atoms with E-state index in [0.29, 0.717) is 6.42 Å². The normalized spacial score (nSPS) is 20.5. The lowest BCUT2D eigenvalue weighted by atomic mass is 9.65. The van der Waals surface area contributed by atoms with Gasteiger partial charge in [0.05, 0.1) is 5.41 Å². The molecule has 104 valence electrons. The zero-order valence-corrected chi connectivity index (χ0v) is 11.8. The van der Waals surface area contributed by atoms with Crippen molar-refractivity contribution in [2.45, 2.75) is 57.3 Å². The zero-order chi connectivity index (χ0) is 13.7. The molecule has 0 spiro atoms. The van der Waals surface area contributed by atoms with E-state index in [0.717, 1.165) is 18.4 Å². The van der Waals surface area contributed by atoms with Crippen molar-refractivity contribution in [1.82, 2.24) is 0 Å². The number of carboxylic acids is 1. The van der Waals surface area contributed by atoms with E-state index in [2.05, 4.69) is 0 Å². The fourth-order valence-electron chi connectivity index (χ4n) is 3.69. The van der Waals surface area contributed by atoms with Gasteiger partial charge in [-0.05, 0) is 30.7 Å². The first kappa shape index (κ1) is 14.1. The lowest BCUT2D eigenvalue weighted by Gasteiger charge is -2.36. The number of hydrogen-bond donors (Lipinski definition) is 1. The Morgan fingerprint density at radius 1 is 1.16 bits per heavy atom. The molecule has 0 aromatic heterocycles. The fraction of sp³-hybridized carbons (Fsp3) is 0.588. The molecule has 1 aliphatic carbocycles. The van der Waals surface area contributed by atoms with Crippen molar-refractivity contribution in [3.8, 4) is 0 Å². The van der Waals surface area contributed by atoms with Crippen LogP contribution in [0.25, 0.3) is 0 Å². The van der Waals surface area contributed by atoms with E-state index < -0.39 is 11.4 Å². The number of rotatable bonds is 4. The second-order valence-electron chi connectivity index (χ2n) is 5.68. The van der Waals surface area contributed by atoms with Crippen molar-refractivity contribution < 1.29 is 9.90 Å². The van der Waals surface area contributed by atoms with Crippen LogP contribution < -0.4 is 0 Å². The van der Waals surface area contributed by atoms with Gasteiger partial charge in [0.1, 0.15) is 0 Å². The predicted octanol–water partition coefficient (Wildman–Crippen LogP) is 4.39. The zero-order valence-electron chi connectivity index (χ0n) is 11.8. The van der Waals surface area contributed by atoms with Crippen molar-refractivity contribution in [2.24, 2.45) is 5.92 Å². The van der Waals surface area contributed by atoms with Gasteiger partial charge in [0, 0.05) is 0 Å². The average Bonchev–Trinajstić information content (AvgIpc) is 2.71. The quantitative estimate of drug-likeness (QED) is 0.815. The van der Waals surface area contributed by atoms with Crippen LogP contribution in [0.3, 0.4) is 0 Å². The third-order valence-electron chi connectivity index (χ3n) is 4.78. The Kier molecular flexibility index (Phi) is 4.62. The molecule has 1 unspecified atom stereocenters. The van der Waals surface area contributed by atoms with E-state index in [-0.39, 0.29) is 5.92 Å². The summed E-state index contributed by atoms with van der Waals surface area (Å²) in [5, 5.41) is 9.92. The Morgan fingerprint density at radius 2 is 1.74 bits per heavy atom. The summed E-state index contributed by atoms with van der Waals surface area (Å²) in [5.74, 6) is -0.368. The highest BCUT2D eigenvalue weighted by Crippen LogP contribution is 2.43. The Morgan fingerprint density at radius 3 is 2.21 bits per heavy atom. The van der Waals surface area contributed by atoms with Gasteiger partial charge < -0.3 is 5.11 Å². The summed E-state index contributed by atoms with van der Waals surface area (Å²) in [6.07, 6.45) is 7.63. The summed E-state index contributed by atoms with van der Waals surface area (Å²) in [7, 11) is 0. The molecule has 2 nitrogen and oxygen atoms in total. The van der Waals surface area contributed by atoms with Gasteiger partial charge in [0.2, 0.25) is 0 Å². The molecule has 0 bridgehead atoms. The van der Waals surface area contributed by atoms with Gasteiger partial charge in [-0.3, -0.25) is 4.79 Å². The highest BCUT2D eigenvalue weighted by atomic mass is 16.4. The van der Waals surface area contributed by atoms with Crippen LogP contribution in [0.15, 0.2) is 30.3 Å². The van der Waals surface area contributed by atoms with Gasteiger partial charge in [-0.25, -0.2) is 0 Å². The molecule has 1 atom stereocenters. The van der Waals surface area contributed by atoms with Crippen molar-refractivity contribution in [3.63, 3.8) is 0 Å². The Balaban J connectivity index is 2.41. The molecule has 0 aliphatic heterocycles. The lowest BCUT2D eigenvalue weighted by molar-refractivity contribution is -0.147. The SMILES string of the molecule is CCC(C(=O)O)(c1ccccc1)C1CCCCCC1. The predicted molar refractivity (Wildman–Crippen MR) is 77.2 cm³/mol. The first-order chi connectivity index (χ1) is 9.21. The monoisotopic (exact) mass is 260 g/mol. The molecule has 19 heavy (non-hydrogen) atoms. The molecule has 1 saturated carbocycles. The van der Waals surface area contributed by atoms with Gasteiger partial charge >= 0.3 is 5.97 Å².